The topological polar surface area (TPSA) is 87.6 Å². The number of aromatic nitrogens is 1. The van der Waals surface area contributed by atoms with Gasteiger partial charge in [0.05, 0.1) is 18.4 Å². The van der Waals surface area contributed by atoms with E-state index in [9.17, 15) is 15.2 Å². The molecule has 0 amide bonds. The van der Waals surface area contributed by atoms with E-state index >= 15 is 0 Å². The fraction of sp³-hybridized carbons (Fsp3) is 0.167. The number of hydrogen-bond donors (Lipinski definition) is 1. The molecule has 0 aliphatic heterocycles. The van der Waals surface area contributed by atoms with Crippen molar-refractivity contribution in [2.45, 2.75) is 13.5 Å². The van der Waals surface area contributed by atoms with Gasteiger partial charge in [-0.05, 0) is 36.8 Å². The van der Waals surface area contributed by atoms with Crippen molar-refractivity contribution in [3.05, 3.63) is 64.0 Å². The molecule has 1 aromatic heterocycles. The molecule has 0 fully saturated rings. The molecule has 6 nitrogen and oxygen atoms in total. The van der Waals surface area contributed by atoms with Gasteiger partial charge in [0, 0.05) is 12.8 Å². The van der Waals surface area contributed by atoms with Crippen molar-refractivity contribution in [3.63, 3.8) is 0 Å². The van der Waals surface area contributed by atoms with Gasteiger partial charge in [0.1, 0.15) is 17.4 Å². The summed E-state index contributed by atoms with van der Waals surface area (Å²) in [4.78, 5) is 16.5. The number of rotatable bonds is 5. The summed E-state index contributed by atoms with van der Waals surface area (Å²) in [7, 11) is 1.58. The van der Waals surface area contributed by atoms with Gasteiger partial charge in [-0.1, -0.05) is 6.08 Å². The minimum absolute atomic E-state index is 0.0224. The average Bonchev–Trinajstić information content (AvgIpc) is 2.59. The second-order valence-corrected chi connectivity index (χ2v) is 5.01. The van der Waals surface area contributed by atoms with Crippen LogP contribution in [0.3, 0.4) is 0 Å². The van der Waals surface area contributed by atoms with Gasteiger partial charge in [-0.3, -0.25) is 14.4 Å². The quantitative estimate of drug-likeness (QED) is 0.677. The molecule has 2 rings (SSSR count). The smallest absolute Gasteiger partial charge is 0.271 e. The molecular weight excluding hydrogens is 306 g/mol. The Hall–Kier alpha value is -3.33. The van der Waals surface area contributed by atoms with E-state index in [2.05, 4.69) is 11.6 Å². The van der Waals surface area contributed by atoms with Crippen LogP contribution in [0.15, 0.2) is 46.7 Å². The maximum Gasteiger partial charge on any atom is 0.271 e. The van der Waals surface area contributed by atoms with Gasteiger partial charge in [-0.25, -0.2) is 0 Å². The molecule has 24 heavy (non-hydrogen) atoms. The Kier molecular flexibility index (Phi) is 5.17. The van der Waals surface area contributed by atoms with E-state index in [0.29, 0.717) is 22.6 Å². The van der Waals surface area contributed by atoms with Crippen LogP contribution in [0.4, 0.5) is 5.69 Å². The van der Waals surface area contributed by atoms with E-state index in [1.807, 2.05) is 6.07 Å². The largest absolute Gasteiger partial charge is 0.497 e. The van der Waals surface area contributed by atoms with Crippen molar-refractivity contribution < 1.29 is 9.84 Å². The number of pyridine rings is 1. The van der Waals surface area contributed by atoms with Gasteiger partial charge in [-0.15, -0.1) is 6.58 Å². The first-order chi connectivity index (χ1) is 11.5. The molecular formula is C18H17N3O3. The lowest BCUT2D eigenvalue weighted by atomic mass is 10.1. The predicted octanol–water partition coefficient (Wildman–Crippen LogP) is 2.68. The molecule has 0 aliphatic carbocycles. The highest BCUT2D eigenvalue weighted by Crippen LogP contribution is 2.22. The molecule has 122 valence electrons. The molecule has 0 saturated carbocycles. The summed E-state index contributed by atoms with van der Waals surface area (Å²) in [5.74, 6) is 0.466. The molecule has 2 aromatic rings. The first kappa shape index (κ1) is 17.0. The summed E-state index contributed by atoms with van der Waals surface area (Å²) < 4.78 is 6.17. The zero-order valence-electron chi connectivity index (χ0n) is 13.5. The fourth-order valence-corrected chi connectivity index (χ4v) is 2.23. The number of hydrogen-bond acceptors (Lipinski definition) is 5. The number of aliphatic imine (C=N–C) groups is 1. The van der Waals surface area contributed by atoms with Crippen LogP contribution in [0.2, 0.25) is 0 Å². The zero-order chi connectivity index (χ0) is 17.7. The third kappa shape index (κ3) is 3.20. The lowest BCUT2D eigenvalue weighted by Gasteiger charge is -2.12. The number of ether oxygens (including phenoxy) is 1. The van der Waals surface area contributed by atoms with Gasteiger partial charge in [0.2, 0.25) is 5.88 Å². The van der Waals surface area contributed by atoms with Crippen LogP contribution in [0.5, 0.6) is 11.6 Å². The number of nitrogens with zero attached hydrogens (tertiary/aromatic N) is 3. The van der Waals surface area contributed by atoms with Crippen LogP contribution in [-0.2, 0) is 6.54 Å². The van der Waals surface area contributed by atoms with E-state index < -0.39 is 5.56 Å². The van der Waals surface area contributed by atoms with Crippen molar-refractivity contribution >= 4 is 11.9 Å². The molecule has 0 radical (unpaired) electrons. The minimum atomic E-state index is -0.547. The van der Waals surface area contributed by atoms with Crippen molar-refractivity contribution in [2.24, 2.45) is 4.99 Å². The molecule has 0 unspecified atom stereocenters. The van der Waals surface area contributed by atoms with Crippen LogP contribution in [0, 0.1) is 18.3 Å². The Morgan fingerprint density at radius 1 is 1.42 bits per heavy atom. The Labute approximate surface area is 139 Å². The van der Waals surface area contributed by atoms with Crippen LogP contribution in [0.25, 0.3) is 0 Å². The lowest BCUT2D eigenvalue weighted by molar-refractivity contribution is 0.414. The van der Waals surface area contributed by atoms with E-state index in [4.69, 9.17) is 4.74 Å². The lowest BCUT2D eigenvalue weighted by Crippen LogP contribution is -2.24. The van der Waals surface area contributed by atoms with Gasteiger partial charge in [0.15, 0.2) is 0 Å². The number of allylic oxidation sites excluding steroid dienone is 1. The van der Waals surface area contributed by atoms with Crippen molar-refractivity contribution in [3.8, 4) is 17.7 Å². The monoisotopic (exact) mass is 323 g/mol. The van der Waals surface area contributed by atoms with E-state index in [1.54, 1.807) is 38.3 Å². The fourth-order valence-electron chi connectivity index (χ4n) is 2.23. The molecule has 1 aromatic carbocycles. The maximum absolute atomic E-state index is 12.2. The third-order valence-electron chi connectivity index (χ3n) is 3.57. The van der Waals surface area contributed by atoms with Gasteiger partial charge >= 0.3 is 0 Å². The Morgan fingerprint density at radius 2 is 2.08 bits per heavy atom. The van der Waals surface area contributed by atoms with Gasteiger partial charge in [-0.2, -0.15) is 5.26 Å². The standard InChI is InChI=1S/C18H17N3O3/c1-4-9-21-17(22)15(10-19)12(2)16(18(21)23)11-20-13-5-7-14(24-3)8-6-13/h4-8,11,23H,1,9H2,2-3H3. The Bertz CT molecular complexity index is 888. The summed E-state index contributed by atoms with van der Waals surface area (Å²) >= 11 is 0. The number of aromatic hydroxyl groups is 1. The van der Waals surface area contributed by atoms with Gasteiger partial charge in [0.25, 0.3) is 5.56 Å². The van der Waals surface area contributed by atoms with Crippen molar-refractivity contribution in [1.82, 2.24) is 4.57 Å². The highest BCUT2D eigenvalue weighted by Gasteiger charge is 2.17. The highest BCUT2D eigenvalue weighted by atomic mass is 16.5. The minimum Gasteiger partial charge on any atom is -0.497 e. The first-order valence-electron chi connectivity index (χ1n) is 7.19. The number of methoxy groups -OCH3 is 1. The van der Waals surface area contributed by atoms with E-state index in [0.717, 1.165) is 4.57 Å². The highest BCUT2D eigenvalue weighted by molar-refractivity contribution is 5.87. The van der Waals surface area contributed by atoms with Crippen molar-refractivity contribution in [2.75, 3.05) is 7.11 Å². The normalized spacial score (nSPS) is 10.5. The molecule has 0 saturated heterocycles. The number of benzene rings is 1. The van der Waals surface area contributed by atoms with Crippen LogP contribution in [0.1, 0.15) is 16.7 Å². The zero-order valence-corrected chi connectivity index (χ0v) is 13.5. The molecule has 6 heteroatoms. The van der Waals surface area contributed by atoms with E-state index in [1.165, 1.54) is 12.3 Å². The summed E-state index contributed by atoms with van der Waals surface area (Å²) in [6.45, 7) is 5.26. The molecule has 0 atom stereocenters. The maximum atomic E-state index is 12.2. The summed E-state index contributed by atoms with van der Waals surface area (Å²) in [6, 6.07) is 8.92. The van der Waals surface area contributed by atoms with Crippen LogP contribution in [-0.4, -0.2) is 23.0 Å². The summed E-state index contributed by atoms with van der Waals surface area (Å²) in [6.07, 6.45) is 2.91. The molecule has 0 spiro atoms. The first-order valence-corrected chi connectivity index (χ1v) is 7.19. The molecule has 1 N–H and O–H groups in total. The van der Waals surface area contributed by atoms with Crippen LogP contribution >= 0.6 is 0 Å². The predicted molar refractivity (Wildman–Crippen MR) is 92.3 cm³/mol. The average molecular weight is 323 g/mol. The Balaban J connectivity index is 2.54. The summed E-state index contributed by atoms with van der Waals surface area (Å²) in [5.41, 5.74) is 0.788. The summed E-state index contributed by atoms with van der Waals surface area (Å²) in [5, 5.41) is 19.6. The van der Waals surface area contributed by atoms with Gasteiger partial charge < -0.3 is 9.84 Å². The SMILES string of the molecule is C=CCn1c(O)c(C=Nc2ccc(OC)cc2)c(C)c(C#N)c1=O. The molecule has 1 heterocycles. The van der Waals surface area contributed by atoms with Crippen molar-refractivity contribution in [1.29, 1.82) is 5.26 Å². The Morgan fingerprint density at radius 3 is 2.62 bits per heavy atom. The second kappa shape index (κ2) is 7.29. The second-order valence-electron chi connectivity index (χ2n) is 5.01. The third-order valence-corrected chi connectivity index (χ3v) is 3.57. The van der Waals surface area contributed by atoms with Crippen LogP contribution < -0.4 is 10.3 Å². The van der Waals surface area contributed by atoms with E-state index in [-0.39, 0.29) is 18.0 Å². The molecule has 0 bridgehead atoms. The number of nitriles is 1. The molecule has 0 aliphatic rings.